The van der Waals surface area contributed by atoms with Crippen LogP contribution < -0.4 is 10.6 Å². The molecular formula is C22H27N5O4. The first kappa shape index (κ1) is 22.4. The molecule has 2 amide bonds. The molecule has 164 valence electrons. The van der Waals surface area contributed by atoms with Crippen LogP contribution in [0, 0.1) is 0 Å². The fourth-order valence-electron chi connectivity index (χ4n) is 3.24. The maximum Gasteiger partial charge on any atom is 0.253 e. The molecule has 31 heavy (non-hydrogen) atoms. The summed E-state index contributed by atoms with van der Waals surface area (Å²) in [6.07, 6.45) is 3.46. The lowest BCUT2D eigenvalue weighted by Gasteiger charge is -2.12. The lowest BCUT2D eigenvalue weighted by Crippen LogP contribution is -2.28. The minimum atomic E-state index is -0.316. The molecule has 0 atom stereocenters. The number of pyridine rings is 1. The first-order valence-corrected chi connectivity index (χ1v) is 10.00. The molecule has 3 aromatic rings. The number of carbonyl (C=O) groups is 2. The summed E-state index contributed by atoms with van der Waals surface area (Å²) in [6.45, 7) is 4.57. The van der Waals surface area contributed by atoms with E-state index in [1.165, 1.54) is 7.11 Å². The smallest absolute Gasteiger partial charge is 0.253 e. The Morgan fingerprint density at radius 2 is 1.94 bits per heavy atom. The van der Waals surface area contributed by atoms with E-state index in [0.29, 0.717) is 41.3 Å². The number of benzene rings is 1. The Bertz CT molecular complexity index is 1060. The number of nitrogens with zero attached hydrogens (tertiary/aromatic N) is 3. The zero-order chi connectivity index (χ0) is 22.4. The van der Waals surface area contributed by atoms with Crippen molar-refractivity contribution in [1.82, 2.24) is 19.9 Å². The quantitative estimate of drug-likeness (QED) is 0.510. The topological polar surface area (TPSA) is 107 Å². The second-order valence-corrected chi connectivity index (χ2v) is 7.28. The van der Waals surface area contributed by atoms with Gasteiger partial charge in [0.15, 0.2) is 0 Å². The van der Waals surface area contributed by atoms with E-state index in [9.17, 15) is 9.59 Å². The summed E-state index contributed by atoms with van der Waals surface area (Å²) >= 11 is 0. The number of methoxy groups -OCH3 is 1. The van der Waals surface area contributed by atoms with Crippen molar-refractivity contribution in [3.8, 4) is 11.4 Å². The second kappa shape index (κ2) is 10.1. The predicted molar refractivity (Wildman–Crippen MR) is 118 cm³/mol. The highest BCUT2D eigenvalue weighted by Gasteiger charge is 2.19. The SMILES string of the molecule is COCC(=O)Nc1cc(C(=O)NCCOC(C)C)c2c(c1)nc(-c1ccncc1)n2C. The fraction of sp³-hybridized carbons (Fsp3) is 0.364. The van der Waals surface area contributed by atoms with Crippen LogP contribution in [0.25, 0.3) is 22.4 Å². The van der Waals surface area contributed by atoms with Crippen molar-refractivity contribution in [3.63, 3.8) is 0 Å². The van der Waals surface area contributed by atoms with Gasteiger partial charge in [0.25, 0.3) is 5.91 Å². The van der Waals surface area contributed by atoms with E-state index < -0.39 is 0 Å². The average Bonchev–Trinajstić information content (AvgIpc) is 3.07. The maximum absolute atomic E-state index is 13.0. The number of hydrogen-bond acceptors (Lipinski definition) is 6. The normalized spacial score (nSPS) is 11.1. The largest absolute Gasteiger partial charge is 0.377 e. The number of hydrogen-bond donors (Lipinski definition) is 2. The third-order valence-corrected chi connectivity index (χ3v) is 4.55. The van der Waals surface area contributed by atoms with Crippen LogP contribution in [0.2, 0.25) is 0 Å². The van der Waals surface area contributed by atoms with Crippen molar-refractivity contribution in [2.45, 2.75) is 20.0 Å². The molecule has 0 saturated carbocycles. The molecule has 2 heterocycles. The number of aryl methyl sites for hydroxylation is 1. The molecular weight excluding hydrogens is 398 g/mol. The molecule has 9 heteroatoms. The summed E-state index contributed by atoms with van der Waals surface area (Å²) in [6, 6.07) is 7.09. The van der Waals surface area contributed by atoms with Crippen LogP contribution in [0.15, 0.2) is 36.7 Å². The molecule has 1 aromatic carbocycles. The van der Waals surface area contributed by atoms with Gasteiger partial charge in [0.1, 0.15) is 12.4 Å². The van der Waals surface area contributed by atoms with E-state index in [-0.39, 0.29) is 24.5 Å². The molecule has 0 aliphatic heterocycles. The molecule has 0 aliphatic carbocycles. The van der Waals surface area contributed by atoms with Gasteiger partial charge in [-0.3, -0.25) is 14.6 Å². The summed E-state index contributed by atoms with van der Waals surface area (Å²) in [7, 11) is 3.30. The summed E-state index contributed by atoms with van der Waals surface area (Å²) in [5.41, 5.74) is 3.00. The Morgan fingerprint density at radius 3 is 2.61 bits per heavy atom. The van der Waals surface area contributed by atoms with Gasteiger partial charge >= 0.3 is 0 Å². The van der Waals surface area contributed by atoms with Crippen molar-refractivity contribution >= 4 is 28.5 Å². The lowest BCUT2D eigenvalue weighted by molar-refractivity contribution is -0.119. The van der Waals surface area contributed by atoms with Crippen molar-refractivity contribution in [3.05, 3.63) is 42.2 Å². The van der Waals surface area contributed by atoms with Gasteiger partial charge in [-0.15, -0.1) is 0 Å². The summed E-state index contributed by atoms with van der Waals surface area (Å²) < 4.78 is 12.2. The fourth-order valence-corrected chi connectivity index (χ4v) is 3.24. The first-order valence-electron chi connectivity index (χ1n) is 10.00. The van der Waals surface area contributed by atoms with E-state index in [2.05, 4.69) is 15.6 Å². The van der Waals surface area contributed by atoms with E-state index >= 15 is 0 Å². The van der Waals surface area contributed by atoms with Crippen LogP contribution in [0.4, 0.5) is 5.69 Å². The van der Waals surface area contributed by atoms with Gasteiger partial charge in [-0.05, 0) is 38.1 Å². The number of ether oxygens (including phenoxy) is 2. The standard InChI is InChI=1S/C22H27N5O4/c1-14(2)31-10-9-24-22(29)17-11-16(25-19(28)13-30-4)12-18-20(17)27(3)21(26-18)15-5-7-23-8-6-15/h5-8,11-12,14H,9-10,13H2,1-4H3,(H,24,29)(H,25,28). The average molecular weight is 425 g/mol. The molecule has 0 spiro atoms. The van der Waals surface area contributed by atoms with E-state index in [0.717, 1.165) is 5.56 Å². The molecule has 0 radical (unpaired) electrons. The van der Waals surface area contributed by atoms with E-state index in [4.69, 9.17) is 14.5 Å². The monoisotopic (exact) mass is 425 g/mol. The molecule has 2 N–H and O–H groups in total. The van der Waals surface area contributed by atoms with Crippen LogP contribution in [-0.4, -0.2) is 59.3 Å². The molecule has 2 aromatic heterocycles. The number of rotatable bonds is 9. The second-order valence-electron chi connectivity index (χ2n) is 7.28. The van der Waals surface area contributed by atoms with Crippen LogP contribution >= 0.6 is 0 Å². The minimum absolute atomic E-state index is 0.0860. The number of imidazole rings is 1. The van der Waals surface area contributed by atoms with E-state index in [1.54, 1.807) is 24.5 Å². The first-order chi connectivity index (χ1) is 14.9. The zero-order valence-corrected chi connectivity index (χ0v) is 18.1. The Hall–Kier alpha value is -3.30. The van der Waals surface area contributed by atoms with Gasteiger partial charge in [-0.25, -0.2) is 4.98 Å². The van der Waals surface area contributed by atoms with E-state index in [1.807, 2.05) is 37.6 Å². The molecule has 0 aliphatic rings. The minimum Gasteiger partial charge on any atom is -0.377 e. The summed E-state index contributed by atoms with van der Waals surface area (Å²) in [4.78, 5) is 33.8. The predicted octanol–water partition coefficient (Wildman–Crippen LogP) is 2.38. The van der Waals surface area contributed by atoms with Crippen molar-refractivity contribution < 1.29 is 19.1 Å². The van der Waals surface area contributed by atoms with Gasteiger partial charge < -0.3 is 24.7 Å². The van der Waals surface area contributed by atoms with Gasteiger partial charge in [0.2, 0.25) is 5.91 Å². The molecule has 0 bridgehead atoms. The highest BCUT2D eigenvalue weighted by Crippen LogP contribution is 2.29. The van der Waals surface area contributed by atoms with Crippen LogP contribution in [0.1, 0.15) is 24.2 Å². The number of nitrogens with one attached hydrogen (secondary N) is 2. The van der Waals surface area contributed by atoms with Gasteiger partial charge in [0, 0.05) is 44.3 Å². The number of carbonyl (C=O) groups excluding carboxylic acids is 2. The Balaban J connectivity index is 2.00. The lowest BCUT2D eigenvalue weighted by atomic mass is 10.1. The molecule has 0 saturated heterocycles. The Morgan fingerprint density at radius 1 is 1.19 bits per heavy atom. The summed E-state index contributed by atoms with van der Waals surface area (Å²) in [5.74, 6) is 0.100. The van der Waals surface area contributed by atoms with Crippen molar-refractivity contribution in [2.24, 2.45) is 7.05 Å². The number of amides is 2. The molecule has 9 nitrogen and oxygen atoms in total. The van der Waals surface area contributed by atoms with Crippen LogP contribution in [-0.2, 0) is 21.3 Å². The highest BCUT2D eigenvalue weighted by molar-refractivity contribution is 6.08. The zero-order valence-electron chi connectivity index (χ0n) is 18.1. The van der Waals surface area contributed by atoms with Crippen LogP contribution in [0.3, 0.4) is 0 Å². The number of anilines is 1. The van der Waals surface area contributed by atoms with Crippen molar-refractivity contribution in [1.29, 1.82) is 0 Å². The number of aromatic nitrogens is 3. The third kappa shape index (κ3) is 5.44. The maximum atomic E-state index is 13.0. The van der Waals surface area contributed by atoms with Crippen molar-refractivity contribution in [2.75, 3.05) is 32.2 Å². The summed E-state index contributed by atoms with van der Waals surface area (Å²) in [5, 5.41) is 5.63. The number of fused-ring (bicyclic) bond motifs is 1. The van der Waals surface area contributed by atoms with Gasteiger partial charge in [-0.2, -0.15) is 0 Å². The molecule has 0 unspecified atom stereocenters. The third-order valence-electron chi connectivity index (χ3n) is 4.55. The van der Waals surface area contributed by atoms with Gasteiger partial charge in [-0.1, -0.05) is 0 Å². The Labute approximate surface area is 180 Å². The highest BCUT2D eigenvalue weighted by atomic mass is 16.5. The molecule has 3 rings (SSSR count). The van der Waals surface area contributed by atoms with Gasteiger partial charge in [0.05, 0.1) is 29.3 Å². The Kier molecular flexibility index (Phi) is 7.32. The van der Waals surface area contributed by atoms with Crippen LogP contribution in [0.5, 0.6) is 0 Å². The molecule has 0 fully saturated rings.